The maximum Gasteiger partial charge on any atom is 0.320 e. The molecule has 10 nitrogen and oxygen atoms in total. The smallest absolute Gasteiger partial charge is 0.320 e. The number of nitrogens with one attached hydrogen (secondary N) is 2. The number of benzene rings is 1. The third-order valence-corrected chi connectivity index (χ3v) is 3.51. The van der Waals surface area contributed by atoms with Crippen molar-refractivity contribution in [2.45, 2.75) is 6.92 Å². The lowest BCUT2D eigenvalue weighted by molar-refractivity contribution is -0.383. The molecule has 2 heterocycles. The van der Waals surface area contributed by atoms with Crippen LogP contribution in [0.4, 0.5) is 22.0 Å². The van der Waals surface area contributed by atoms with E-state index in [2.05, 4.69) is 25.6 Å². The molecule has 0 atom stereocenters. The van der Waals surface area contributed by atoms with E-state index in [9.17, 15) is 14.9 Å². The molecule has 10 heteroatoms. The predicted molar refractivity (Wildman–Crippen MR) is 96.5 cm³/mol. The van der Waals surface area contributed by atoms with Crippen LogP contribution in [-0.2, 0) is 0 Å². The van der Waals surface area contributed by atoms with E-state index in [1.807, 2.05) is 0 Å². The first kappa shape index (κ1) is 17.0. The molecule has 0 saturated carbocycles. The van der Waals surface area contributed by atoms with Gasteiger partial charge in [-0.25, -0.2) is 14.8 Å². The number of aromatic nitrogens is 3. The van der Waals surface area contributed by atoms with E-state index in [4.69, 9.17) is 5.73 Å². The topological polar surface area (TPSA) is 149 Å². The molecule has 0 radical (unpaired) electrons. The summed E-state index contributed by atoms with van der Waals surface area (Å²) in [4.78, 5) is 35.0. The Morgan fingerprint density at radius 3 is 2.81 bits per heavy atom. The van der Waals surface area contributed by atoms with Crippen LogP contribution in [0.25, 0.3) is 22.4 Å². The first-order valence-corrected chi connectivity index (χ1v) is 7.71. The third kappa shape index (κ3) is 3.48. The number of nitrogens with zero attached hydrogens (tertiary/aromatic N) is 4. The maximum absolute atomic E-state index is 11.6. The van der Waals surface area contributed by atoms with Gasteiger partial charge in [0.15, 0.2) is 5.65 Å². The summed E-state index contributed by atoms with van der Waals surface area (Å²) in [6.45, 7) is 2.29. The van der Waals surface area contributed by atoms with Gasteiger partial charge in [0.05, 0.1) is 16.8 Å². The van der Waals surface area contributed by atoms with Gasteiger partial charge in [-0.15, -0.1) is 0 Å². The van der Waals surface area contributed by atoms with Crippen molar-refractivity contribution in [3.05, 3.63) is 46.6 Å². The standard InChI is InChI=1S/C16H15N7O3/c1-2-18-16(24)22-14-6-5-11-15(21-14)20-12(8-19-11)9-3-4-10(17)13(7-9)23(25)26/h3-8H,2,17H2,1H3,(H2,18,20,21,22,24). The first-order chi connectivity index (χ1) is 12.5. The molecule has 26 heavy (non-hydrogen) atoms. The molecule has 0 bridgehead atoms. The zero-order valence-electron chi connectivity index (χ0n) is 13.8. The van der Waals surface area contributed by atoms with E-state index in [-0.39, 0.29) is 17.4 Å². The van der Waals surface area contributed by atoms with E-state index in [0.717, 1.165) is 0 Å². The lowest BCUT2D eigenvalue weighted by atomic mass is 10.1. The molecule has 0 aliphatic rings. The van der Waals surface area contributed by atoms with Crippen molar-refractivity contribution in [2.75, 3.05) is 17.6 Å². The molecule has 2 aromatic heterocycles. The number of carbonyl (C=O) groups excluding carboxylic acids is 1. The summed E-state index contributed by atoms with van der Waals surface area (Å²) in [6, 6.07) is 7.31. The van der Waals surface area contributed by atoms with E-state index >= 15 is 0 Å². The molecule has 0 aliphatic carbocycles. The zero-order chi connectivity index (χ0) is 18.7. The minimum absolute atomic E-state index is 0.0686. The van der Waals surface area contributed by atoms with E-state index in [1.54, 1.807) is 25.1 Å². The molecule has 132 valence electrons. The fraction of sp³-hybridized carbons (Fsp3) is 0.125. The molecule has 1 aromatic carbocycles. The largest absolute Gasteiger partial charge is 0.393 e. The summed E-state index contributed by atoms with van der Waals surface area (Å²) >= 11 is 0. The summed E-state index contributed by atoms with van der Waals surface area (Å²) in [7, 11) is 0. The lowest BCUT2D eigenvalue weighted by Gasteiger charge is -2.07. The number of nitro benzene ring substituents is 1. The number of hydrogen-bond donors (Lipinski definition) is 3. The fourth-order valence-corrected chi connectivity index (χ4v) is 2.29. The highest BCUT2D eigenvalue weighted by molar-refractivity contribution is 5.89. The van der Waals surface area contributed by atoms with Crippen LogP contribution in [0, 0.1) is 10.1 Å². The molecule has 0 saturated heterocycles. The average Bonchev–Trinajstić information content (AvgIpc) is 2.61. The molecule has 3 aromatic rings. The van der Waals surface area contributed by atoms with E-state index < -0.39 is 4.92 Å². The number of rotatable bonds is 4. The SMILES string of the molecule is CCNC(=O)Nc1ccc2ncc(-c3ccc(N)c([N+](=O)[O-])c3)nc2n1. The number of fused-ring (bicyclic) bond motifs is 1. The highest BCUT2D eigenvalue weighted by Gasteiger charge is 2.14. The molecular weight excluding hydrogens is 338 g/mol. The van der Waals surface area contributed by atoms with E-state index in [1.165, 1.54) is 18.3 Å². The van der Waals surface area contributed by atoms with Crippen molar-refractivity contribution < 1.29 is 9.72 Å². The molecule has 4 N–H and O–H groups in total. The predicted octanol–water partition coefficient (Wildman–Crippen LogP) is 2.32. The summed E-state index contributed by atoms with van der Waals surface area (Å²) in [5.74, 6) is 0.318. The summed E-state index contributed by atoms with van der Waals surface area (Å²) in [5, 5.41) is 16.2. The van der Waals surface area contributed by atoms with Crippen LogP contribution >= 0.6 is 0 Å². The Labute approximate surface area is 147 Å². The third-order valence-electron chi connectivity index (χ3n) is 3.51. The Balaban J connectivity index is 1.99. The van der Waals surface area contributed by atoms with Crippen LogP contribution in [0.1, 0.15) is 6.92 Å². The fourth-order valence-electron chi connectivity index (χ4n) is 2.29. The number of nitrogen functional groups attached to an aromatic ring is 1. The first-order valence-electron chi connectivity index (χ1n) is 7.71. The Bertz CT molecular complexity index is 1010. The van der Waals surface area contributed by atoms with Crippen molar-refractivity contribution in [3.63, 3.8) is 0 Å². The van der Waals surface area contributed by atoms with Crippen molar-refractivity contribution in [2.24, 2.45) is 0 Å². The second-order valence-electron chi connectivity index (χ2n) is 5.31. The van der Waals surface area contributed by atoms with Gasteiger partial charge in [-0.3, -0.25) is 20.4 Å². The number of anilines is 2. The normalized spacial score (nSPS) is 10.5. The lowest BCUT2D eigenvalue weighted by Crippen LogP contribution is -2.28. The number of amides is 2. The zero-order valence-corrected chi connectivity index (χ0v) is 13.8. The number of nitrogens with two attached hydrogens (primary N) is 1. The van der Waals surface area contributed by atoms with Gasteiger partial charge in [-0.2, -0.15) is 0 Å². The van der Waals surface area contributed by atoms with Crippen LogP contribution in [0.15, 0.2) is 36.5 Å². The van der Waals surface area contributed by atoms with Gasteiger partial charge in [-0.1, -0.05) is 6.07 Å². The van der Waals surface area contributed by atoms with Crippen molar-refractivity contribution in [1.82, 2.24) is 20.3 Å². The van der Waals surface area contributed by atoms with Gasteiger partial charge >= 0.3 is 6.03 Å². The molecule has 0 aliphatic heterocycles. The molecule has 2 amide bonds. The van der Waals surface area contributed by atoms with E-state index in [0.29, 0.717) is 34.8 Å². The number of carbonyl (C=O) groups is 1. The van der Waals surface area contributed by atoms with Gasteiger partial charge in [0, 0.05) is 18.2 Å². The number of pyridine rings is 1. The van der Waals surface area contributed by atoms with Crippen LogP contribution in [0.3, 0.4) is 0 Å². The second-order valence-corrected chi connectivity index (χ2v) is 5.31. The molecular formula is C16H15N7O3. The van der Waals surface area contributed by atoms with Gasteiger partial charge in [0.25, 0.3) is 5.69 Å². The molecule has 3 rings (SSSR count). The van der Waals surface area contributed by atoms with Crippen molar-refractivity contribution in [1.29, 1.82) is 0 Å². The summed E-state index contributed by atoms with van der Waals surface area (Å²) < 4.78 is 0. The summed E-state index contributed by atoms with van der Waals surface area (Å²) in [5.41, 5.74) is 7.20. The Kier molecular flexibility index (Phi) is 4.56. The Morgan fingerprint density at radius 2 is 2.08 bits per heavy atom. The van der Waals surface area contributed by atoms with Crippen LogP contribution in [0.2, 0.25) is 0 Å². The van der Waals surface area contributed by atoms with Gasteiger partial charge in [0.2, 0.25) is 0 Å². The highest BCUT2D eigenvalue weighted by Crippen LogP contribution is 2.28. The maximum atomic E-state index is 11.6. The van der Waals surface area contributed by atoms with Crippen molar-refractivity contribution in [3.8, 4) is 11.3 Å². The number of nitro groups is 1. The van der Waals surface area contributed by atoms with Crippen LogP contribution in [0.5, 0.6) is 0 Å². The summed E-state index contributed by atoms with van der Waals surface area (Å²) in [6.07, 6.45) is 1.50. The molecule has 0 fully saturated rings. The highest BCUT2D eigenvalue weighted by atomic mass is 16.6. The van der Waals surface area contributed by atoms with Gasteiger partial charge < -0.3 is 11.1 Å². The second kappa shape index (κ2) is 6.97. The molecule has 0 unspecified atom stereocenters. The Hall–Kier alpha value is -3.82. The molecule has 0 spiro atoms. The minimum Gasteiger partial charge on any atom is -0.393 e. The monoisotopic (exact) mass is 353 g/mol. The quantitative estimate of drug-likeness (QED) is 0.370. The van der Waals surface area contributed by atoms with Crippen LogP contribution in [-0.4, -0.2) is 32.5 Å². The number of hydrogen-bond acceptors (Lipinski definition) is 7. The average molecular weight is 353 g/mol. The van der Waals surface area contributed by atoms with Gasteiger partial charge in [-0.05, 0) is 25.1 Å². The minimum atomic E-state index is -0.556. The van der Waals surface area contributed by atoms with Gasteiger partial charge in [0.1, 0.15) is 17.0 Å². The van der Waals surface area contributed by atoms with Crippen molar-refractivity contribution >= 4 is 34.4 Å². The van der Waals surface area contributed by atoms with Crippen LogP contribution < -0.4 is 16.4 Å². The Morgan fingerprint density at radius 1 is 1.27 bits per heavy atom. The number of urea groups is 1.